The van der Waals surface area contributed by atoms with Crippen molar-refractivity contribution in [3.05, 3.63) is 79.0 Å². The zero-order valence-corrected chi connectivity index (χ0v) is 17.4. The predicted octanol–water partition coefficient (Wildman–Crippen LogP) is 6.67. The molecule has 2 aromatic heterocycles. The normalized spacial score (nSPS) is 10.6. The fourth-order valence-electron chi connectivity index (χ4n) is 3.61. The molecule has 4 heteroatoms. The van der Waals surface area contributed by atoms with Crippen molar-refractivity contribution in [1.82, 2.24) is 9.97 Å². The van der Waals surface area contributed by atoms with Crippen LogP contribution in [0.15, 0.2) is 79.0 Å². The van der Waals surface area contributed by atoms with Gasteiger partial charge in [0.25, 0.3) is 0 Å². The fraction of sp³-hybridized carbons (Fsp3) is 0.115. The molecule has 30 heavy (non-hydrogen) atoms. The SMILES string of the molecule is CC.COc1ccc(-c2ccc3[nH]c4ncc(-c5cccc(N)c5)cc4c3c2)cc1. The Balaban J connectivity index is 0.00000106. The molecule has 0 saturated carbocycles. The molecule has 0 aliphatic rings. The predicted molar refractivity (Wildman–Crippen MR) is 127 cm³/mol. The Kier molecular flexibility index (Phi) is 5.40. The molecule has 3 aromatic carbocycles. The van der Waals surface area contributed by atoms with Gasteiger partial charge in [0.15, 0.2) is 0 Å². The second kappa shape index (κ2) is 8.29. The first-order chi connectivity index (χ1) is 14.7. The summed E-state index contributed by atoms with van der Waals surface area (Å²) >= 11 is 0. The van der Waals surface area contributed by atoms with Gasteiger partial charge in [-0.05, 0) is 59.2 Å². The summed E-state index contributed by atoms with van der Waals surface area (Å²) in [7, 11) is 1.68. The van der Waals surface area contributed by atoms with Crippen molar-refractivity contribution < 1.29 is 4.74 Å². The van der Waals surface area contributed by atoms with Crippen molar-refractivity contribution in [1.29, 1.82) is 0 Å². The molecule has 0 fully saturated rings. The van der Waals surface area contributed by atoms with Crippen molar-refractivity contribution in [2.75, 3.05) is 12.8 Å². The summed E-state index contributed by atoms with van der Waals surface area (Å²) in [6.45, 7) is 4.00. The van der Waals surface area contributed by atoms with Gasteiger partial charge in [-0.25, -0.2) is 4.98 Å². The number of nitrogens with two attached hydrogens (primary N) is 1. The molecule has 0 unspecified atom stereocenters. The highest BCUT2D eigenvalue weighted by atomic mass is 16.5. The van der Waals surface area contributed by atoms with Crippen LogP contribution in [0.1, 0.15) is 13.8 Å². The second-order valence-electron chi connectivity index (χ2n) is 6.86. The molecule has 150 valence electrons. The lowest BCUT2D eigenvalue weighted by Crippen LogP contribution is -1.86. The molecule has 0 bridgehead atoms. The minimum Gasteiger partial charge on any atom is -0.497 e. The quantitative estimate of drug-likeness (QED) is 0.335. The number of ether oxygens (including phenoxy) is 1. The lowest BCUT2D eigenvalue weighted by atomic mass is 10.0. The third-order valence-electron chi connectivity index (χ3n) is 5.09. The Bertz CT molecular complexity index is 1300. The van der Waals surface area contributed by atoms with Gasteiger partial charge >= 0.3 is 0 Å². The van der Waals surface area contributed by atoms with Gasteiger partial charge in [0.1, 0.15) is 11.4 Å². The number of hydrogen-bond donors (Lipinski definition) is 2. The van der Waals surface area contributed by atoms with E-state index in [1.165, 1.54) is 0 Å². The van der Waals surface area contributed by atoms with E-state index in [9.17, 15) is 0 Å². The highest BCUT2D eigenvalue weighted by Crippen LogP contribution is 2.32. The molecule has 0 atom stereocenters. The van der Waals surface area contributed by atoms with E-state index in [0.29, 0.717) is 0 Å². The zero-order valence-electron chi connectivity index (χ0n) is 17.4. The largest absolute Gasteiger partial charge is 0.497 e. The Morgan fingerprint density at radius 3 is 2.20 bits per heavy atom. The smallest absolute Gasteiger partial charge is 0.138 e. The van der Waals surface area contributed by atoms with Crippen LogP contribution in [0.3, 0.4) is 0 Å². The number of fused-ring (bicyclic) bond motifs is 3. The topological polar surface area (TPSA) is 63.9 Å². The van der Waals surface area contributed by atoms with Gasteiger partial charge in [-0.1, -0.05) is 44.2 Å². The summed E-state index contributed by atoms with van der Waals surface area (Å²) in [6, 6.07) is 24.6. The Labute approximate surface area is 176 Å². The lowest BCUT2D eigenvalue weighted by molar-refractivity contribution is 0.415. The van der Waals surface area contributed by atoms with Gasteiger partial charge in [-0.15, -0.1) is 0 Å². The van der Waals surface area contributed by atoms with E-state index >= 15 is 0 Å². The van der Waals surface area contributed by atoms with E-state index in [1.807, 2.05) is 50.4 Å². The van der Waals surface area contributed by atoms with Gasteiger partial charge in [-0.2, -0.15) is 0 Å². The van der Waals surface area contributed by atoms with Crippen LogP contribution in [0.5, 0.6) is 5.75 Å². The monoisotopic (exact) mass is 395 g/mol. The number of rotatable bonds is 3. The van der Waals surface area contributed by atoms with Crippen molar-refractivity contribution in [3.63, 3.8) is 0 Å². The van der Waals surface area contributed by atoms with Crippen molar-refractivity contribution in [3.8, 4) is 28.0 Å². The third kappa shape index (κ3) is 3.60. The molecule has 5 aromatic rings. The van der Waals surface area contributed by atoms with E-state index in [0.717, 1.165) is 55.6 Å². The third-order valence-corrected chi connectivity index (χ3v) is 5.09. The molecular weight excluding hydrogens is 370 g/mol. The average molecular weight is 396 g/mol. The summed E-state index contributed by atoms with van der Waals surface area (Å²) in [4.78, 5) is 8.05. The van der Waals surface area contributed by atoms with Crippen LogP contribution in [0.4, 0.5) is 5.69 Å². The zero-order chi connectivity index (χ0) is 21.1. The summed E-state index contributed by atoms with van der Waals surface area (Å²) < 4.78 is 5.26. The van der Waals surface area contributed by atoms with E-state index in [4.69, 9.17) is 10.5 Å². The maximum atomic E-state index is 5.95. The molecule has 5 rings (SSSR count). The molecule has 0 saturated heterocycles. The number of methoxy groups -OCH3 is 1. The summed E-state index contributed by atoms with van der Waals surface area (Å²) in [5.41, 5.74) is 13.1. The molecule has 2 heterocycles. The first-order valence-electron chi connectivity index (χ1n) is 10.1. The molecule has 0 spiro atoms. The van der Waals surface area contributed by atoms with E-state index in [1.54, 1.807) is 7.11 Å². The molecule has 3 N–H and O–H groups in total. The molecular formula is C26H25N3O. The Hall–Kier alpha value is -3.79. The van der Waals surface area contributed by atoms with Crippen LogP contribution in [-0.2, 0) is 0 Å². The number of nitrogen functional groups attached to an aromatic ring is 1. The maximum absolute atomic E-state index is 5.95. The number of anilines is 1. The van der Waals surface area contributed by atoms with E-state index in [2.05, 4.69) is 52.4 Å². The number of H-pyrrole nitrogens is 1. The number of nitrogens with one attached hydrogen (secondary N) is 1. The van der Waals surface area contributed by atoms with Crippen LogP contribution in [0, 0.1) is 0 Å². The minimum absolute atomic E-state index is 0.748. The van der Waals surface area contributed by atoms with Crippen LogP contribution in [-0.4, -0.2) is 17.1 Å². The molecule has 0 amide bonds. The van der Waals surface area contributed by atoms with Crippen LogP contribution in [0.25, 0.3) is 44.2 Å². The van der Waals surface area contributed by atoms with Crippen molar-refractivity contribution in [2.24, 2.45) is 0 Å². The first-order valence-corrected chi connectivity index (χ1v) is 10.1. The number of pyridine rings is 1. The minimum atomic E-state index is 0.748. The van der Waals surface area contributed by atoms with Gasteiger partial charge in [0.2, 0.25) is 0 Å². The van der Waals surface area contributed by atoms with E-state index in [-0.39, 0.29) is 0 Å². The maximum Gasteiger partial charge on any atom is 0.138 e. The van der Waals surface area contributed by atoms with Crippen molar-refractivity contribution >= 4 is 27.6 Å². The number of aromatic nitrogens is 2. The number of aromatic amines is 1. The van der Waals surface area contributed by atoms with Crippen molar-refractivity contribution in [2.45, 2.75) is 13.8 Å². The molecule has 0 aliphatic heterocycles. The molecule has 0 aliphatic carbocycles. The molecule has 0 radical (unpaired) electrons. The second-order valence-corrected chi connectivity index (χ2v) is 6.86. The standard InChI is InChI=1S/C24H19N3O.C2H6/c1-28-20-8-5-15(6-9-20)17-7-10-23-21(12-17)22-13-18(14-26-24(22)27-23)16-3-2-4-19(25)11-16;1-2/h2-14H,25H2,1H3,(H,26,27);1-2H3. The first kappa shape index (κ1) is 19.5. The number of nitrogens with zero attached hydrogens (tertiary/aromatic N) is 1. The summed E-state index contributed by atoms with van der Waals surface area (Å²) in [6.07, 6.45) is 1.89. The number of benzene rings is 3. The van der Waals surface area contributed by atoms with E-state index < -0.39 is 0 Å². The number of hydrogen-bond acceptors (Lipinski definition) is 3. The van der Waals surface area contributed by atoms with Crippen LogP contribution < -0.4 is 10.5 Å². The van der Waals surface area contributed by atoms with Gasteiger partial charge in [0, 0.05) is 33.7 Å². The van der Waals surface area contributed by atoms with Crippen LogP contribution in [0.2, 0.25) is 0 Å². The molecule has 4 nitrogen and oxygen atoms in total. The van der Waals surface area contributed by atoms with Gasteiger partial charge in [-0.3, -0.25) is 0 Å². The van der Waals surface area contributed by atoms with Gasteiger partial charge in [0.05, 0.1) is 7.11 Å². The van der Waals surface area contributed by atoms with Gasteiger partial charge < -0.3 is 15.5 Å². The van der Waals surface area contributed by atoms with Crippen LogP contribution >= 0.6 is 0 Å². The fourth-order valence-corrected chi connectivity index (χ4v) is 3.61. The average Bonchev–Trinajstić information content (AvgIpc) is 3.17. The highest BCUT2D eigenvalue weighted by Gasteiger charge is 2.09. The summed E-state index contributed by atoms with van der Waals surface area (Å²) in [5, 5.41) is 2.26. The Morgan fingerprint density at radius 1 is 0.767 bits per heavy atom. The lowest BCUT2D eigenvalue weighted by Gasteiger charge is -2.05. The Morgan fingerprint density at radius 2 is 1.47 bits per heavy atom. The summed E-state index contributed by atoms with van der Waals surface area (Å²) in [5.74, 6) is 0.855. The highest BCUT2D eigenvalue weighted by molar-refractivity contribution is 6.08.